The number of nitrogens with zero attached hydrogens (tertiary/aromatic N) is 5. The molecule has 0 aliphatic carbocycles. The largest absolute Gasteiger partial charge is 0.329 e. The highest BCUT2D eigenvalue weighted by Gasteiger charge is 2.31. The number of fused-ring (bicyclic) bond motifs is 1. The van der Waals surface area contributed by atoms with E-state index in [0.29, 0.717) is 29.9 Å². The number of hydrogen-bond donors (Lipinski definition) is 1. The molecule has 146 valence electrons. The molecule has 0 saturated carbocycles. The van der Waals surface area contributed by atoms with Crippen LogP contribution < -0.4 is 5.56 Å². The summed E-state index contributed by atoms with van der Waals surface area (Å²) in [7, 11) is 0. The highest BCUT2D eigenvalue weighted by molar-refractivity contribution is 5.92. The highest BCUT2D eigenvalue weighted by Crippen LogP contribution is 2.31. The zero-order valence-electron chi connectivity index (χ0n) is 16.4. The number of H-pyrrole nitrogens is 1. The summed E-state index contributed by atoms with van der Waals surface area (Å²) in [6, 6.07) is 1.74. The van der Waals surface area contributed by atoms with Crippen LogP contribution in [-0.2, 0) is 6.42 Å². The number of carbonyl (C=O) groups excluding carboxylic acids is 1. The Morgan fingerprint density at radius 2 is 2.07 bits per heavy atom. The lowest BCUT2D eigenvalue weighted by Crippen LogP contribution is -2.39. The predicted molar refractivity (Wildman–Crippen MR) is 104 cm³/mol. The average Bonchev–Trinajstić information content (AvgIpc) is 3.12. The lowest BCUT2D eigenvalue weighted by atomic mass is 9.99. The molecule has 8 nitrogen and oxygen atoms in total. The second-order valence-electron chi connectivity index (χ2n) is 7.29. The molecule has 1 saturated heterocycles. The molecule has 1 N–H and O–H groups in total. The minimum Gasteiger partial charge on any atom is -0.329 e. The maximum atomic E-state index is 13.1. The van der Waals surface area contributed by atoms with Crippen molar-refractivity contribution in [1.29, 1.82) is 0 Å². The summed E-state index contributed by atoms with van der Waals surface area (Å²) in [6.07, 6.45) is 6.55. The van der Waals surface area contributed by atoms with E-state index in [4.69, 9.17) is 0 Å². The summed E-state index contributed by atoms with van der Waals surface area (Å²) in [6.45, 7) is 6.30. The topological polar surface area (TPSA) is 96.2 Å². The Morgan fingerprint density at radius 1 is 1.25 bits per heavy atom. The number of likely N-dealkylation sites (tertiary alicyclic amines) is 1. The maximum Gasteiger partial charge on any atom is 0.276 e. The van der Waals surface area contributed by atoms with E-state index in [1.54, 1.807) is 6.20 Å². The van der Waals surface area contributed by atoms with E-state index in [0.717, 1.165) is 36.3 Å². The normalized spacial score (nSPS) is 17.2. The molecule has 4 rings (SSSR count). The smallest absolute Gasteiger partial charge is 0.276 e. The van der Waals surface area contributed by atoms with Crippen LogP contribution in [-0.4, -0.2) is 41.9 Å². The van der Waals surface area contributed by atoms with Gasteiger partial charge in [0.05, 0.1) is 23.6 Å². The molecule has 0 spiro atoms. The molecule has 3 aromatic heterocycles. The van der Waals surface area contributed by atoms with Crippen LogP contribution >= 0.6 is 0 Å². The van der Waals surface area contributed by atoms with Crippen molar-refractivity contribution in [3.8, 4) is 0 Å². The second-order valence-corrected chi connectivity index (χ2v) is 7.29. The Morgan fingerprint density at radius 3 is 2.79 bits per heavy atom. The number of amides is 1. The molecule has 1 amide bonds. The first-order valence-electron chi connectivity index (χ1n) is 9.70. The summed E-state index contributed by atoms with van der Waals surface area (Å²) in [5.74, 6) is -0.137. The van der Waals surface area contributed by atoms with Gasteiger partial charge in [-0.15, -0.1) is 0 Å². The van der Waals surface area contributed by atoms with Crippen LogP contribution in [0, 0.1) is 13.8 Å². The van der Waals surface area contributed by atoms with Crippen molar-refractivity contribution in [2.24, 2.45) is 0 Å². The molecular formula is C20H24N6O2. The standard InChI is InChI=1S/C20H24N6O2/c1-4-14-13(3)23-18-9-15(24-26(18)19(14)27)17-7-5-6-8-25(17)20(28)16-11-21-12(2)10-22-16/h9-11,17,24H,4-8H2,1-3H3/t17-/m1/s1. The zero-order valence-corrected chi connectivity index (χ0v) is 16.4. The van der Waals surface area contributed by atoms with E-state index < -0.39 is 0 Å². The molecule has 1 aliphatic heterocycles. The molecule has 1 aliphatic rings. The van der Waals surface area contributed by atoms with Gasteiger partial charge in [0.25, 0.3) is 11.5 Å². The van der Waals surface area contributed by atoms with Gasteiger partial charge in [-0.25, -0.2) is 14.5 Å². The van der Waals surface area contributed by atoms with Crippen molar-refractivity contribution in [3.63, 3.8) is 0 Å². The molecule has 1 atom stereocenters. The lowest BCUT2D eigenvalue weighted by Gasteiger charge is -2.34. The Balaban J connectivity index is 1.73. The van der Waals surface area contributed by atoms with E-state index in [1.807, 2.05) is 31.7 Å². The van der Waals surface area contributed by atoms with E-state index in [1.165, 1.54) is 10.7 Å². The van der Waals surface area contributed by atoms with Crippen LogP contribution in [0.15, 0.2) is 23.3 Å². The number of nitrogens with one attached hydrogen (secondary N) is 1. The van der Waals surface area contributed by atoms with Gasteiger partial charge in [-0.05, 0) is 39.5 Å². The van der Waals surface area contributed by atoms with Crippen LogP contribution in [0.25, 0.3) is 5.65 Å². The monoisotopic (exact) mass is 380 g/mol. The number of aromatic nitrogens is 5. The number of aryl methyl sites for hydroxylation is 2. The van der Waals surface area contributed by atoms with Gasteiger partial charge in [-0.3, -0.25) is 19.7 Å². The van der Waals surface area contributed by atoms with E-state index in [2.05, 4.69) is 20.1 Å². The van der Waals surface area contributed by atoms with Gasteiger partial charge in [0.15, 0.2) is 5.65 Å². The summed E-state index contributed by atoms with van der Waals surface area (Å²) in [5, 5.41) is 3.19. The first-order valence-corrected chi connectivity index (χ1v) is 9.70. The fourth-order valence-corrected chi connectivity index (χ4v) is 3.91. The fraction of sp³-hybridized carbons (Fsp3) is 0.450. The van der Waals surface area contributed by atoms with Crippen molar-refractivity contribution in [1.82, 2.24) is 29.5 Å². The highest BCUT2D eigenvalue weighted by atomic mass is 16.2. The molecule has 0 radical (unpaired) electrons. The van der Waals surface area contributed by atoms with Gasteiger partial charge in [0.1, 0.15) is 5.69 Å². The van der Waals surface area contributed by atoms with Crippen molar-refractivity contribution in [2.75, 3.05) is 6.54 Å². The molecule has 4 heterocycles. The predicted octanol–water partition coefficient (Wildman–Crippen LogP) is 2.36. The van der Waals surface area contributed by atoms with Crippen LogP contribution in [0.4, 0.5) is 0 Å². The Kier molecular flexibility index (Phi) is 4.70. The maximum absolute atomic E-state index is 13.1. The first-order chi connectivity index (χ1) is 13.5. The van der Waals surface area contributed by atoms with Gasteiger partial charge in [-0.1, -0.05) is 6.92 Å². The number of aromatic amines is 1. The van der Waals surface area contributed by atoms with Crippen molar-refractivity contribution in [2.45, 2.75) is 52.5 Å². The van der Waals surface area contributed by atoms with Crippen LogP contribution in [0.2, 0.25) is 0 Å². The zero-order chi connectivity index (χ0) is 19.8. The number of rotatable bonds is 3. The summed E-state index contributed by atoms with van der Waals surface area (Å²) < 4.78 is 1.49. The number of hydrogen-bond acceptors (Lipinski definition) is 5. The number of piperidine rings is 1. The molecule has 0 aromatic carbocycles. The quantitative estimate of drug-likeness (QED) is 0.752. The fourth-order valence-electron chi connectivity index (χ4n) is 3.91. The number of carbonyl (C=O) groups is 1. The van der Waals surface area contributed by atoms with Gasteiger partial charge in [-0.2, -0.15) is 0 Å². The van der Waals surface area contributed by atoms with E-state index >= 15 is 0 Å². The average molecular weight is 380 g/mol. The summed E-state index contributed by atoms with van der Waals surface area (Å²) >= 11 is 0. The van der Waals surface area contributed by atoms with Crippen LogP contribution in [0.3, 0.4) is 0 Å². The van der Waals surface area contributed by atoms with Gasteiger partial charge >= 0.3 is 0 Å². The van der Waals surface area contributed by atoms with Gasteiger partial charge in [0, 0.05) is 30.1 Å². The molecule has 1 fully saturated rings. The van der Waals surface area contributed by atoms with E-state index in [-0.39, 0.29) is 17.5 Å². The Hall–Kier alpha value is -3.03. The van der Waals surface area contributed by atoms with Crippen molar-refractivity contribution < 1.29 is 4.79 Å². The SMILES string of the molecule is CCc1c(C)nc2cc([C@H]3CCCCN3C(=O)c3cnc(C)cn3)[nH]n2c1=O. The summed E-state index contributed by atoms with van der Waals surface area (Å²) in [4.78, 5) is 40.6. The molecule has 0 bridgehead atoms. The van der Waals surface area contributed by atoms with E-state index in [9.17, 15) is 9.59 Å². The first kappa shape index (κ1) is 18.3. The van der Waals surface area contributed by atoms with Crippen LogP contribution in [0.1, 0.15) is 65.4 Å². The Labute approximate surface area is 162 Å². The minimum atomic E-state index is -0.143. The molecule has 3 aromatic rings. The van der Waals surface area contributed by atoms with Gasteiger partial charge < -0.3 is 4.90 Å². The third kappa shape index (κ3) is 3.08. The summed E-state index contributed by atoms with van der Waals surface area (Å²) in [5.41, 5.74) is 3.91. The van der Waals surface area contributed by atoms with Crippen molar-refractivity contribution >= 4 is 11.6 Å². The minimum absolute atomic E-state index is 0.0747. The Bertz CT molecular complexity index is 1080. The molecule has 8 heteroatoms. The lowest BCUT2D eigenvalue weighted by molar-refractivity contribution is 0.0599. The van der Waals surface area contributed by atoms with Crippen LogP contribution in [0.5, 0.6) is 0 Å². The van der Waals surface area contributed by atoms with Gasteiger partial charge in [0.2, 0.25) is 0 Å². The third-order valence-corrected chi connectivity index (χ3v) is 5.41. The molecule has 28 heavy (non-hydrogen) atoms. The molecular weight excluding hydrogens is 356 g/mol. The molecule has 0 unspecified atom stereocenters. The second kappa shape index (κ2) is 7.18. The third-order valence-electron chi connectivity index (χ3n) is 5.41. The van der Waals surface area contributed by atoms with Crippen molar-refractivity contribution in [3.05, 3.63) is 57.2 Å².